The van der Waals surface area contributed by atoms with Gasteiger partial charge in [-0.15, -0.1) is 6.42 Å². The van der Waals surface area contributed by atoms with E-state index in [9.17, 15) is 4.79 Å². The van der Waals surface area contributed by atoms with Gasteiger partial charge in [0.2, 0.25) is 0 Å². The first-order valence-electron chi connectivity index (χ1n) is 6.16. The molecule has 0 atom stereocenters. The number of nitrogens with two attached hydrogens (primary N) is 1. The Balaban J connectivity index is 2.63. The lowest BCUT2D eigenvalue weighted by atomic mass is 10.1. The predicted molar refractivity (Wildman–Crippen MR) is 78.5 cm³/mol. The predicted octanol–water partition coefficient (Wildman–Crippen LogP) is 2.20. The molecule has 2 rings (SSSR count). The number of carbonyl (C=O) groups is 1. The fraction of sp³-hybridized carbons (Fsp3) is 0.188. The Morgan fingerprint density at radius 3 is 2.80 bits per heavy atom. The van der Waals surface area contributed by atoms with Gasteiger partial charge >= 0.3 is 0 Å². The van der Waals surface area contributed by atoms with Gasteiger partial charge in [0.25, 0.3) is 5.91 Å². The zero-order valence-corrected chi connectivity index (χ0v) is 11.5. The summed E-state index contributed by atoms with van der Waals surface area (Å²) >= 11 is 0. The maximum atomic E-state index is 11.5. The van der Waals surface area contributed by atoms with Crippen LogP contribution in [0.4, 0.5) is 0 Å². The summed E-state index contributed by atoms with van der Waals surface area (Å²) in [7, 11) is 1.61. The zero-order valence-electron chi connectivity index (χ0n) is 11.5. The van der Waals surface area contributed by atoms with E-state index in [1.807, 2.05) is 35.8 Å². The molecule has 4 nitrogen and oxygen atoms in total. The maximum Gasteiger partial charge on any atom is 0.250 e. The number of nitrogens with zero attached hydrogens (tertiary/aromatic N) is 1. The first-order chi connectivity index (χ1) is 9.58. The second-order valence-electron chi connectivity index (χ2n) is 4.42. The van der Waals surface area contributed by atoms with Gasteiger partial charge in [0, 0.05) is 11.3 Å². The quantitative estimate of drug-likeness (QED) is 0.864. The minimum atomic E-state index is -0.456. The van der Waals surface area contributed by atoms with Gasteiger partial charge in [-0.25, -0.2) is 0 Å². The van der Waals surface area contributed by atoms with Gasteiger partial charge in [-0.3, -0.25) is 4.79 Å². The molecule has 1 aromatic heterocycles. The third-order valence-electron chi connectivity index (χ3n) is 3.25. The van der Waals surface area contributed by atoms with E-state index in [0.29, 0.717) is 12.1 Å². The molecule has 0 aliphatic rings. The smallest absolute Gasteiger partial charge is 0.250 e. The summed E-state index contributed by atoms with van der Waals surface area (Å²) in [4.78, 5) is 11.5. The average Bonchev–Trinajstić information content (AvgIpc) is 2.77. The Hall–Kier alpha value is -2.67. The molecule has 1 amide bonds. The van der Waals surface area contributed by atoms with E-state index in [1.54, 1.807) is 13.2 Å². The van der Waals surface area contributed by atoms with Crippen molar-refractivity contribution < 1.29 is 9.53 Å². The van der Waals surface area contributed by atoms with Crippen LogP contribution in [0.25, 0.3) is 11.3 Å². The number of benzene rings is 1. The molecule has 0 aliphatic heterocycles. The van der Waals surface area contributed by atoms with Gasteiger partial charge in [0.05, 0.1) is 24.9 Å². The van der Waals surface area contributed by atoms with Crippen LogP contribution in [0.5, 0.6) is 5.75 Å². The Labute approximate surface area is 118 Å². The van der Waals surface area contributed by atoms with Crippen LogP contribution in [0, 0.1) is 19.3 Å². The average molecular weight is 268 g/mol. The maximum absolute atomic E-state index is 11.5. The first kappa shape index (κ1) is 13.8. The van der Waals surface area contributed by atoms with Gasteiger partial charge < -0.3 is 15.0 Å². The van der Waals surface area contributed by atoms with Crippen molar-refractivity contribution in [2.24, 2.45) is 5.73 Å². The summed E-state index contributed by atoms with van der Waals surface area (Å²) < 4.78 is 7.12. The summed E-state index contributed by atoms with van der Waals surface area (Å²) in [5.74, 6) is 2.88. The van der Waals surface area contributed by atoms with Crippen LogP contribution in [0.15, 0.2) is 30.3 Å². The Bertz CT molecular complexity index is 693. The van der Waals surface area contributed by atoms with E-state index in [2.05, 4.69) is 5.92 Å². The number of primary amides is 1. The lowest BCUT2D eigenvalue weighted by Gasteiger charge is -2.09. The van der Waals surface area contributed by atoms with E-state index in [-0.39, 0.29) is 0 Å². The molecule has 1 heterocycles. The molecule has 2 N–H and O–H groups in total. The zero-order chi connectivity index (χ0) is 14.7. The standard InChI is InChI=1S/C16H16N2O2/c1-4-8-18-11(2)14(16(17)19)10-15(18)12-6-5-7-13(9-12)20-3/h1,5-7,9-10H,8H2,2-3H3,(H2,17,19). The summed E-state index contributed by atoms with van der Waals surface area (Å²) in [6, 6.07) is 9.35. The van der Waals surface area contributed by atoms with Crippen LogP contribution < -0.4 is 10.5 Å². The molecule has 20 heavy (non-hydrogen) atoms. The molecule has 102 valence electrons. The minimum absolute atomic E-state index is 0.381. The number of amides is 1. The van der Waals surface area contributed by atoms with Gasteiger partial charge in [-0.05, 0) is 25.1 Å². The number of ether oxygens (including phenoxy) is 1. The molecule has 4 heteroatoms. The number of rotatable bonds is 4. The number of aromatic nitrogens is 1. The van der Waals surface area contributed by atoms with Crippen molar-refractivity contribution >= 4 is 5.91 Å². The first-order valence-corrected chi connectivity index (χ1v) is 6.16. The highest BCUT2D eigenvalue weighted by molar-refractivity contribution is 5.95. The summed E-state index contributed by atoms with van der Waals surface area (Å²) in [6.07, 6.45) is 5.41. The van der Waals surface area contributed by atoms with Gasteiger partial charge in [-0.1, -0.05) is 18.1 Å². The molecule has 0 saturated heterocycles. The number of hydrogen-bond acceptors (Lipinski definition) is 2. The van der Waals surface area contributed by atoms with Crippen molar-refractivity contribution in [2.75, 3.05) is 7.11 Å². The molecular weight excluding hydrogens is 252 g/mol. The SMILES string of the molecule is C#CCn1c(-c2cccc(OC)c2)cc(C(N)=O)c1C. The van der Waals surface area contributed by atoms with Crippen LogP contribution in [0.2, 0.25) is 0 Å². The fourth-order valence-corrected chi connectivity index (χ4v) is 2.21. The Morgan fingerprint density at radius 1 is 1.45 bits per heavy atom. The molecule has 0 saturated carbocycles. The van der Waals surface area contributed by atoms with Crippen molar-refractivity contribution in [3.63, 3.8) is 0 Å². The fourth-order valence-electron chi connectivity index (χ4n) is 2.21. The molecular formula is C16H16N2O2. The lowest BCUT2D eigenvalue weighted by molar-refractivity contribution is 0.0999. The molecule has 0 unspecified atom stereocenters. The van der Waals surface area contributed by atoms with Gasteiger partial charge in [0.1, 0.15) is 5.75 Å². The second kappa shape index (κ2) is 5.54. The number of hydrogen-bond donors (Lipinski definition) is 1. The number of carbonyl (C=O) groups excluding carboxylic acids is 1. The van der Waals surface area contributed by atoms with Crippen LogP contribution in [0.3, 0.4) is 0 Å². The van der Waals surface area contributed by atoms with Gasteiger partial charge in [-0.2, -0.15) is 0 Å². The summed E-state index contributed by atoms with van der Waals surface area (Å²) in [5, 5.41) is 0. The van der Waals surface area contributed by atoms with Crippen molar-refractivity contribution in [3.8, 4) is 29.4 Å². The summed E-state index contributed by atoms with van der Waals surface area (Å²) in [6.45, 7) is 2.22. The van der Waals surface area contributed by atoms with Crippen LogP contribution in [-0.4, -0.2) is 17.6 Å². The highest BCUT2D eigenvalue weighted by Gasteiger charge is 2.16. The van der Waals surface area contributed by atoms with E-state index in [0.717, 1.165) is 22.7 Å². The van der Waals surface area contributed by atoms with Crippen molar-refractivity contribution in [1.29, 1.82) is 0 Å². The molecule has 0 fully saturated rings. The van der Waals surface area contributed by atoms with E-state index in [1.165, 1.54) is 0 Å². The van der Waals surface area contributed by atoms with E-state index < -0.39 is 5.91 Å². The van der Waals surface area contributed by atoms with Crippen LogP contribution >= 0.6 is 0 Å². The summed E-state index contributed by atoms with van der Waals surface area (Å²) in [5.41, 5.74) is 8.44. The second-order valence-corrected chi connectivity index (χ2v) is 4.42. The van der Waals surface area contributed by atoms with Crippen LogP contribution in [0.1, 0.15) is 16.1 Å². The molecule has 0 spiro atoms. The lowest BCUT2D eigenvalue weighted by Crippen LogP contribution is -2.12. The molecule has 0 radical (unpaired) electrons. The number of methoxy groups -OCH3 is 1. The Morgan fingerprint density at radius 2 is 2.20 bits per heavy atom. The third kappa shape index (κ3) is 2.39. The molecule has 0 bridgehead atoms. The van der Waals surface area contributed by atoms with Crippen molar-refractivity contribution in [2.45, 2.75) is 13.5 Å². The molecule has 2 aromatic rings. The largest absolute Gasteiger partial charge is 0.497 e. The molecule has 0 aliphatic carbocycles. The van der Waals surface area contributed by atoms with Crippen LogP contribution in [-0.2, 0) is 6.54 Å². The highest BCUT2D eigenvalue weighted by atomic mass is 16.5. The van der Waals surface area contributed by atoms with Crippen molar-refractivity contribution in [3.05, 3.63) is 41.6 Å². The third-order valence-corrected chi connectivity index (χ3v) is 3.25. The normalized spacial score (nSPS) is 10.1. The number of terminal acetylenes is 1. The van der Waals surface area contributed by atoms with Crippen molar-refractivity contribution in [1.82, 2.24) is 4.57 Å². The topological polar surface area (TPSA) is 57.2 Å². The van der Waals surface area contributed by atoms with Gasteiger partial charge in [0.15, 0.2) is 0 Å². The van der Waals surface area contributed by atoms with E-state index in [4.69, 9.17) is 16.9 Å². The molecule has 1 aromatic carbocycles. The highest BCUT2D eigenvalue weighted by Crippen LogP contribution is 2.28. The monoisotopic (exact) mass is 268 g/mol. The van der Waals surface area contributed by atoms with E-state index >= 15 is 0 Å². The minimum Gasteiger partial charge on any atom is -0.497 e. The Kier molecular flexibility index (Phi) is 3.81.